The molecule has 6 heteroatoms. The van der Waals surface area contributed by atoms with Gasteiger partial charge in [-0.25, -0.2) is 4.79 Å². The van der Waals surface area contributed by atoms with Gasteiger partial charge in [-0.2, -0.15) is 0 Å². The fraction of sp³-hybridized carbons (Fsp3) is 0.133. The van der Waals surface area contributed by atoms with Gasteiger partial charge in [-0.1, -0.05) is 17.7 Å². The predicted octanol–water partition coefficient (Wildman–Crippen LogP) is 3.24. The fourth-order valence-corrected chi connectivity index (χ4v) is 2.17. The maximum absolute atomic E-state index is 10.9. The first kappa shape index (κ1) is 15.0. The minimum absolute atomic E-state index is 0.147. The summed E-state index contributed by atoms with van der Waals surface area (Å²) in [6, 6.07) is 9.93. The molecule has 0 aromatic heterocycles. The normalized spacial score (nSPS) is 10.2. The Morgan fingerprint density at radius 3 is 2.76 bits per heavy atom. The maximum Gasteiger partial charge on any atom is 0.335 e. The second kappa shape index (κ2) is 6.37. The van der Waals surface area contributed by atoms with Gasteiger partial charge < -0.3 is 20.9 Å². The molecule has 0 aliphatic heterocycles. The number of hydrogen-bond acceptors (Lipinski definition) is 4. The summed E-state index contributed by atoms with van der Waals surface area (Å²) in [5.41, 5.74) is 7.80. The third-order valence-electron chi connectivity index (χ3n) is 3.05. The monoisotopic (exact) mass is 306 g/mol. The Bertz CT molecular complexity index is 674. The van der Waals surface area contributed by atoms with Crippen LogP contribution >= 0.6 is 11.6 Å². The number of carboxylic acid groups (broad SMARTS) is 1. The molecule has 0 unspecified atom stereocenters. The molecule has 0 atom stereocenters. The van der Waals surface area contributed by atoms with Crippen LogP contribution in [0, 0.1) is 0 Å². The number of nitrogens with one attached hydrogen (secondary N) is 1. The average molecular weight is 307 g/mol. The SMILES string of the molecule is COc1cccc(Cl)c1CNc1ccc(C(=O)O)cc1N. The van der Waals surface area contributed by atoms with E-state index in [2.05, 4.69) is 5.32 Å². The number of aromatic carboxylic acids is 1. The number of nitrogen functional groups attached to an aromatic ring is 1. The van der Waals surface area contributed by atoms with E-state index >= 15 is 0 Å². The molecule has 0 heterocycles. The van der Waals surface area contributed by atoms with Crippen molar-refractivity contribution in [3.8, 4) is 5.75 Å². The molecule has 0 amide bonds. The van der Waals surface area contributed by atoms with Gasteiger partial charge in [0.15, 0.2) is 0 Å². The van der Waals surface area contributed by atoms with Crippen molar-refractivity contribution in [2.45, 2.75) is 6.54 Å². The van der Waals surface area contributed by atoms with Gasteiger partial charge in [0.1, 0.15) is 5.75 Å². The Hall–Kier alpha value is -2.40. The molecule has 2 rings (SSSR count). The molecule has 0 radical (unpaired) electrons. The van der Waals surface area contributed by atoms with Crippen molar-refractivity contribution in [2.75, 3.05) is 18.2 Å². The Labute approximate surface area is 127 Å². The highest BCUT2D eigenvalue weighted by molar-refractivity contribution is 6.31. The molecule has 2 aromatic carbocycles. The number of methoxy groups -OCH3 is 1. The average Bonchev–Trinajstić information content (AvgIpc) is 2.46. The minimum Gasteiger partial charge on any atom is -0.496 e. The van der Waals surface area contributed by atoms with Crippen LogP contribution in [0.1, 0.15) is 15.9 Å². The summed E-state index contributed by atoms with van der Waals surface area (Å²) in [7, 11) is 1.57. The van der Waals surface area contributed by atoms with Gasteiger partial charge in [0.2, 0.25) is 0 Å². The van der Waals surface area contributed by atoms with Crippen LogP contribution in [-0.2, 0) is 6.54 Å². The molecule has 0 spiro atoms. The van der Waals surface area contributed by atoms with Crippen LogP contribution < -0.4 is 15.8 Å². The van der Waals surface area contributed by atoms with Crippen LogP contribution in [0.3, 0.4) is 0 Å². The smallest absolute Gasteiger partial charge is 0.335 e. The summed E-state index contributed by atoms with van der Waals surface area (Å²) >= 11 is 6.15. The quantitative estimate of drug-likeness (QED) is 0.738. The lowest BCUT2D eigenvalue weighted by Crippen LogP contribution is -2.06. The van der Waals surface area contributed by atoms with Gasteiger partial charge >= 0.3 is 5.97 Å². The van der Waals surface area contributed by atoms with E-state index in [0.29, 0.717) is 28.7 Å². The lowest BCUT2D eigenvalue weighted by molar-refractivity contribution is 0.0697. The summed E-state index contributed by atoms with van der Waals surface area (Å²) in [5.74, 6) is -0.336. The highest BCUT2D eigenvalue weighted by Crippen LogP contribution is 2.28. The number of nitrogens with two attached hydrogens (primary N) is 1. The molecule has 0 bridgehead atoms. The first-order chi connectivity index (χ1) is 10.0. The van der Waals surface area contributed by atoms with Crippen molar-refractivity contribution in [3.63, 3.8) is 0 Å². The zero-order chi connectivity index (χ0) is 15.4. The third kappa shape index (κ3) is 3.38. The number of hydrogen-bond donors (Lipinski definition) is 3. The van der Waals surface area contributed by atoms with Crippen molar-refractivity contribution in [3.05, 3.63) is 52.5 Å². The fourth-order valence-electron chi connectivity index (χ4n) is 1.94. The first-order valence-electron chi connectivity index (χ1n) is 6.21. The van der Waals surface area contributed by atoms with Crippen LogP contribution in [0.5, 0.6) is 5.75 Å². The van der Waals surface area contributed by atoms with E-state index in [0.717, 1.165) is 5.56 Å². The van der Waals surface area contributed by atoms with E-state index in [9.17, 15) is 4.79 Å². The van der Waals surface area contributed by atoms with Gasteiger partial charge in [0, 0.05) is 17.1 Å². The van der Waals surface area contributed by atoms with E-state index in [4.69, 9.17) is 27.2 Å². The van der Waals surface area contributed by atoms with Crippen molar-refractivity contribution >= 4 is 28.9 Å². The predicted molar refractivity (Wildman–Crippen MR) is 83.1 cm³/mol. The summed E-state index contributed by atoms with van der Waals surface area (Å²) in [6.07, 6.45) is 0. The van der Waals surface area contributed by atoms with Gasteiger partial charge in [0.25, 0.3) is 0 Å². The number of carboxylic acids is 1. The Balaban J connectivity index is 2.19. The van der Waals surface area contributed by atoms with E-state index < -0.39 is 5.97 Å². The molecule has 2 aromatic rings. The molecule has 0 aliphatic carbocycles. The van der Waals surface area contributed by atoms with E-state index in [1.807, 2.05) is 6.07 Å². The molecular formula is C15H15ClN2O3. The summed E-state index contributed by atoms with van der Waals surface area (Å²) < 4.78 is 5.26. The Morgan fingerprint density at radius 2 is 2.14 bits per heavy atom. The first-order valence-corrected chi connectivity index (χ1v) is 6.58. The van der Waals surface area contributed by atoms with Crippen molar-refractivity contribution in [1.29, 1.82) is 0 Å². The number of benzene rings is 2. The molecule has 0 aliphatic rings. The second-order valence-corrected chi connectivity index (χ2v) is 4.79. The third-order valence-corrected chi connectivity index (χ3v) is 3.40. The molecule has 21 heavy (non-hydrogen) atoms. The van der Waals surface area contributed by atoms with E-state index in [-0.39, 0.29) is 5.56 Å². The van der Waals surface area contributed by atoms with E-state index in [1.54, 1.807) is 25.3 Å². The van der Waals surface area contributed by atoms with Crippen molar-refractivity contribution < 1.29 is 14.6 Å². The maximum atomic E-state index is 10.9. The van der Waals surface area contributed by atoms with Gasteiger partial charge in [0.05, 0.1) is 24.0 Å². The van der Waals surface area contributed by atoms with E-state index in [1.165, 1.54) is 12.1 Å². The molecule has 0 saturated carbocycles. The highest BCUT2D eigenvalue weighted by atomic mass is 35.5. The molecule has 0 saturated heterocycles. The zero-order valence-electron chi connectivity index (χ0n) is 11.4. The molecule has 4 N–H and O–H groups in total. The standard InChI is InChI=1S/C15H15ClN2O3/c1-21-14-4-2-3-11(16)10(14)8-18-13-6-5-9(15(19)20)7-12(13)17/h2-7,18H,8,17H2,1H3,(H,19,20). The molecular weight excluding hydrogens is 292 g/mol. The van der Waals surface area contributed by atoms with Crippen LogP contribution in [0.2, 0.25) is 5.02 Å². The minimum atomic E-state index is -1.01. The van der Waals surface area contributed by atoms with Crippen LogP contribution in [0.4, 0.5) is 11.4 Å². The number of rotatable bonds is 5. The summed E-state index contributed by atoms with van der Waals surface area (Å²) in [4.78, 5) is 10.9. The highest BCUT2D eigenvalue weighted by Gasteiger charge is 2.09. The van der Waals surface area contributed by atoms with Gasteiger partial charge in [-0.15, -0.1) is 0 Å². The molecule has 110 valence electrons. The van der Waals surface area contributed by atoms with Gasteiger partial charge in [-0.3, -0.25) is 0 Å². The lowest BCUT2D eigenvalue weighted by Gasteiger charge is -2.13. The van der Waals surface area contributed by atoms with Crippen LogP contribution in [0.15, 0.2) is 36.4 Å². The summed E-state index contributed by atoms with van der Waals surface area (Å²) in [5, 5.41) is 12.6. The molecule has 5 nitrogen and oxygen atoms in total. The Morgan fingerprint density at radius 1 is 1.38 bits per heavy atom. The topological polar surface area (TPSA) is 84.6 Å². The zero-order valence-corrected chi connectivity index (χ0v) is 12.1. The van der Waals surface area contributed by atoms with Crippen molar-refractivity contribution in [2.24, 2.45) is 0 Å². The summed E-state index contributed by atoms with van der Waals surface area (Å²) in [6.45, 7) is 0.416. The largest absolute Gasteiger partial charge is 0.496 e. The molecule has 0 fully saturated rings. The van der Waals surface area contributed by atoms with Crippen LogP contribution in [-0.4, -0.2) is 18.2 Å². The van der Waals surface area contributed by atoms with Gasteiger partial charge in [-0.05, 0) is 30.3 Å². The number of carbonyl (C=O) groups is 1. The second-order valence-electron chi connectivity index (χ2n) is 4.38. The number of anilines is 2. The number of halogens is 1. The van der Waals surface area contributed by atoms with Crippen LogP contribution in [0.25, 0.3) is 0 Å². The number of ether oxygens (including phenoxy) is 1. The Kier molecular flexibility index (Phi) is 4.55. The van der Waals surface area contributed by atoms with Crippen molar-refractivity contribution in [1.82, 2.24) is 0 Å². The lowest BCUT2D eigenvalue weighted by atomic mass is 10.1.